The highest BCUT2D eigenvalue weighted by Gasteiger charge is 2.06. The molecule has 3 aromatic carbocycles. The summed E-state index contributed by atoms with van der Waals surface area (Å²) in [6.45, 7) is 0. The van der Waals surface area contributed by atoms with Crippen LogP contribution in [0.25, 0.3) is 33.6 Å². The average Bonchev–Trinajstić information content (AvgIpc) is 2.69. The predicted molar refractivity (Wildman–Crippen MR) is 109 cm³/mol. The van der Waals surface area contributed by atoms with Crippen LogP contribution in [0.4, 0.5) is 0 Å². The van der Waals surface area contributed by atoms with Crippen LogP contribution in [0.15, 0.2) is 94.2 Å². The Balaban J connectivity index is 1.72. The van der Waals surface area contributed by atoms with Gasteiger partial charge in [0.05, 0.1) is 11.4 Å². The number of benzene rings is 3. The predicted octanol–water partition coefficient (Wildman–Crippen LogP) is 5.53. The molecule has 126 valence electrons. The highest BCUT2D eigenvalue weighted by atomic mass is 79.9. The molecule has 0 spiro atoms. The van der Waals surface area contributed by atoms with E-state index in [4.69, 9.17) is 0 Å². The molecule has 0 unspecified atom stereocenters. The van der Waals surface area contributed by atoms with Gasteiger partial charge in [-0.15, -0.1) is 0 Å². The molecule has 4 rings (SSSR count). The fourth-order valence-electron chi connectivity index (χ4n) is 2.85. The van der Waals surface area contributed by atoms with Crippen LogP contribution in [-0.4, -0.2) is 9.97 Å². The number of nitrogens with zero attached hydrogens (tertiary/aromatic N) is 1. The van der Waals surface area contributed by atoms with Crippen LogP contribution in [0.5, 0.6) is 0 Å². The third-order valence-electron chi connectivity index (χ3n) is 4.19. The standard InChI is InChI=1S/C22H15BrN2O/c23-19-12-10-18(11-13-19)21-14-20(24-22(26)25-21)17-8-6-16(7-9-17)15-4-2-1-3-5-15/h1-14H,(H,24,25,26). The van der Waals surface area contributed by atoms with Crippen molar-refractivity contribution in [2.45, 2.75) is 0 Å². The van der Waals surface area contributed by atoms with Gasteiger partial charge in [0.15, 0.2) is 0 Å². The largest absolute Gasteiger partial charge is 0.345 e. The summed E-state index contributed by atoms with van der Waals surface area (Å²) in [6.07, 6.45) is 0. The minimum atomic E-state index is -0.354. The number of hydrogen-bond acceptors (Lipinski definition) is 2. The topological polar surface area (TPSA) is 45.8 Å². The van der Waals surface area contributed by atoms with Crippen LogP contribution in [0, 0.1) is 0 Å². The van der Waals surface area contributed by atoms with E-state index < -0.39 is 0 Å². The van der Waals surface area contributed by atoms with E-state index in [1.807, 2.05) is 72.8 Å². The number of halogens is 1. The van der Waals surface area contributed by atoms with Crippen molar-refractivity contribution in [2.75, 3.05) is 0 Å². The van der Waals surface area contributed by atoms with Crippen molar-refractivity contribution in [3.8, 4) is 33.6 Å². The number of aromatic nitrogens is 2. The van der Waals surface area contributed by atoms with Gasteiger partial charge in [-0.3, -0.25) is 0 Å². The Bertz CT molecular complexity index is 1090. The third kappa shape index (κ3) is 3.51. The van der Waals surface area contributed by atoms with Gasteiger partial charge in [-0.25, -0.2) is 4.79 Å². The lowest BCUT2D eigenvalue weighted by Crippen LogP contribution is -2.11. The summed E-state index contributed by atoms with van der Waals surface area (Å²) in [7, 11) is 0. The van der Waals surface area contributed by atoms with Crippen LogP contribution in [0.1, 0.15) is 0 Å². The molecule has 4 heteroatoms. The van der Waals surface area contributed by atoms with E-state index in [1.165, 1.54) is 0 Å². The molecule has 1 heterocycles. The van der Waals surface area contributed by atoms with Crippen LogP contribution < -0.4 is 5.69 Å². The molecule has 4 aromatic rings. The van der Waals surface area contributed by atoms with Crippen LogP contribution in [-0.2, 0) is 0 Å². The minimum Gasteiger partial charge on any atom is -0.305 e. The van der Waals surface area contributed by atoms with Gasteiger partial charge in [-0.05, 0) is 34.9 Å². The Morgan fingerprint density at radius 2 is 1.27 bits per heavy atom. The molecule has 0 saturated carbocycles. The van der Waals surface area contributed by atoms with Crippen LogP contribution >= 0.6 is 15.9 Å². The summed E-state index contributed by atoms with van der Waals surface area (Å²) in [5.74, 6) is 0. The van der Waals surface area contributed by atoms with Crippen LogP contribution in [0.2, 0.25) is 0 Å². The maximum Gasteiger partial charge on any atom is 0.345 e. The van der Waals surface area contributed by atoms with Gasteiger partial charge in [0.1, 0.15) is 0 Å². The first kappa shape index (κ1) is 16.5. The zero-order valence-electron chi connectivity index (χ0n) is 13.8. The number of rotatable bonds is 3. The SMILES string of the molecule is O=c1nc(-c2ccc(-c3ccccc3)cc2)cc(-c2ccc(Br)cc2)[nH]1. The fourth-order valence-corrected chi connectivity index (χ4v) is 3.12. The van der Waals surface area contributed by atoms with Crippen molar-refractivity contribution in [3.05, 3.63) is 99.9 Å². The van der Waals surface area contributed by atoms with Crippen molar-refractivity contribution in [2.24, 2.45) is 0 Å². The molecular formula is C22H15BrN2O. The first-order chi connectivity index (χ1) is 12.7. The highest BCUT2D eigenvalue weighted by molar-refractivity contribution is 9.10. The van der Waals surface area contributed by atoms with E-state index in [1.54, 1.807) is 0 Å². The Morgan fingerprint density at radius 3 is 1.96 bits per heavy atom. The van der Waals surface area contributed by atoms with Crippen molar-refractivity contribution in [1.29, 1.82) is 0 Å². The lowest BCUT2D eigenvalue weighted by molar-refractivity contribution is 1.09. The maximum absolute atomic E-state index is 12.0. The first-order valence-corrected chi connectivity index (χ1v) is 9.01. The van der Waals surface area contributed by atoms with Gasteiger partial charge in [-0.1, -0.05) is 82.7 Å². The Morgan fingerprint density at radius 1 is 0.692 bits per heavy atom. The Hall–Kier alpha value is -2.98. The second kappa shape index (κ2) is 7.10. The normalized spacial score (nSPS) is 10.7. The van der Waals surface area contributed by atoms with Gasteiger partial charge in [0.2, 0.25) is 0 Å². The smallest absolute Gasteiger partial charge is 0.305 e. The van der Waals surface area contributed by atoms with E-state index in [0.29, 0.717) is 5.69 Å². The molecule has 0 aliphatic heterocycles. The summed E-state index contributed by atoms with van der Waals surface area (Å²) in [5, 5.41) is 0. The molecule has 0 aliphatic rings. The van der Waals surface area contributed by atoms with E-state index in [0.717, 1.165) is 32.4 Å². The molecular weight excluding hydrogens is 388 g/mol. The fraction of sp³-hybridized carbons (Fsp3) is 0. The lowest BCUT2D eigenvalue weighted by atomic mass is 10.0. The molecule has 1 N–H and O–H groups in total. The Labute approximate surface area is 159 Å². The zero-order chi connectivity index (χ0) is 17.9. The van der Waals surface area contributed by atoms with Gasteiger partial charge >= 0.3 is 5.69 Å². The summed E-state index contributed by atoms with van der Waals surface area (Å²) >= 11 is 3.43. The zero-order valence-corrected chi connectivity index (χ0v) is 15.4. The summed E-state index contributed by atoms with van der Waals surface area (Å²) in [4.78, 5) is 19.0. The average molecular weight is 403 g/mol. The van der Waals surface area contributed by atoms with Gasteiger partial charge in [0, 0.05) is 10.0 Å². The molecule has 0 aliphatic carbocycles. The summed E-state index contributed by atoms with van der Waals surface area (Å²) in [6, 6.07) is 28.0. The third-order valence-corrected chi connectivity index (χ3v) is 4.72. The quantitative estimate of drug-likeness (QED) is 0.489. The van der Waals surface area contributed by atoms with Crippen molar-refractivity contribution in [3.63, 3.8) is 0 Å². The van der Waals surface area contributed by atoms with E-state index in [2.05, 4.69) is 38.0 Å². The van der Waals surface area contributed by atoms with E-state index in [-0.39, 0.29) is 5.69 Å². The van der Waals surface area contributed by atoms with Crippen molar-refractivity contribution < 1.29 is 0 Å². The summed E-state index contributed by atoms with van der Waals surface area (Å²) < 4.78 is 0.995. The second-order valence-corrected chi connectivity index (χ2v) is 6.85. The molecule has 0 amide bonds. The summed E-state index contributed by atoms with van der Waals surface area (Å²) in [5.41, 5.74) is 5.20. The molecule has 0 bridgehead atoms. The van der Waals surface area contributed by atoms with Gasteiger partial charge in [-0.2, -0.15) is 4.98 Å². The molecule has 0 radical (unpaired) electrons. The number of hydrogen-bond donors (Lipinski definition) is 1. The van der Waals surface area contributed by atoms with Crippen molar-refractivity contribution >= 4 is 15.9 Å². The molecule has 26 heavy (non-hydrogen) atoms. The van der Waals surface area contributed by atoms with Crippen LogP contribution in [0.3, 0.4) is 0 Å². The molecule has 0 saturated heterocycles. The number of nitrogens with one attached hydrogen (secondary N) is 1. The lowest BCUT2D eigenvalue weighted by Gasteiger charge is -2.07. The number of H-pyrrole nitrogens is 1. The highest BCUT2D eigenvalue weighted by Crippen LogP contribution is 2.26. The molecule has 0 fully saturated rings. The van der Waals surface area contributed by atoms with Gasteiger partial charge < -0.3 is 4.98 Å². The van der Waals surface area contributed by atoms with Gasteiger partial charge in [0.25, 0.3) is 0 Å². The monoisotopic (exact) mass is 402 g/mol. The number of aromatic amines is 1. The molecule has 0 atom stereocenters. The van der Waals surface area contributed by atoms with Crippen molar-refractivity contribution in [1.82, 2.24) is 9.97 Å². The second-order valence-electron chi connectivity index (χ2n) is 5.94. The maximum atomic E-state index is 12.0. The van der Waals surface area contributed by atoms with E-state index >= 15 is 0 Å². The van der Waals surface area contributed by atoms with E-state index in [9.17, 15) is 4.79 Å². The molecule has 1 aromatic heterocycles. The Kier molecular flexibility index (Phi) is 4.50. The minimum absolute atomic E-state index is 0.354. The molecule has 3 nitrogen and oxygen atoms in total. The first-order valence-electron chi connectivity index (χ1n) is 8.22.